The van der Waals surface area contributed by atoms with Crippen LogP contribution in [0.15, 0.2) is 43.0 Å². The predicted molar refractivity (Wildman–Crippen MR) is 92.9 cm³/mol. The van der Waals surface area contributed by atoms with Crippen molar-refractivity contribution in [1.82, 2.24) is 19.7 Å². The number of rotatable bonds is 6. The molecule has 2 N–H and O–H groups in total. The van der Waals surface area contributed by atoms with Gasteiger partial charge in [-0.25, -0.2) is 9.97 Å². The van der Waals surface area contributed by atoms with Gasteiger partial charge < -0.3 is 5.73 Å². The zero-order valence-corrected chi connectivity index (χ0v) is 13.7. The summed E-state index contributed by atoms with van der Waals surface area (Å²) in [6.45, 7) is 0.773. The number of benzene rings is 1. The Morgan fingerprint density at radius 3 is 2.65 bits per heavy atom. The fourth-order valence-corrected chi connectivity index (χ4v) is 2.51. The molecule has 9 nitrogen and oxygen atoms in total. The summed E-state index contributed by atoms with van der Waals surface area (Å²) in [4.78, 5) is 19.1. The molecule has 0 fully saturated rings. The molecule has 1 aromatic carbocycles. The number of nitrogens with two attached hydrogens (primary N) is 1. The summed E-state index contributed by atoms with van der Waals surface area (Å²) in [7, 11) is 0. The van der Waals surface area contributed by atoms with Crippen molar-refractivity contribution in [1.29, 1.82) is 5.26 Å². The van der Waals surface area contributed by atoms with Crippen LogP contribution in [0, 0.1) is 21.4 Å². The molecule has 0 saturated heterocycles. The van der Waals surface area contributed by atoms with Gasteiger partial charge in [0, 0.05) is 18.0 Å². The van der Waals surface area contributed by atoms with Crippen molar-refractivity contribution >= 4 is 5.69 Å². The Bertz CT molecular complexity index is 974. The van der Waals surface area contributed by atoms with Crippen LogP contribution in [0.25, 0.3) is 11.4 Å². The SMILES string of the molecule is N#Cc1ccc(-c2ncc(CCN)cn2)c(Cn2cc([N+](=O)[O-])cn2)c1. The van der Waals surface area contributed by atoms with Gasteiger partial charge in [-0.1, -0.05) is 0 Å². The van der Waals surface area contributed by atoms with Crippen molar-refractivity contribution in [3.8, 4) is 17.5 Å². The van der Waals surface area contributed by atoms with E-state index in [1.807, 2.05) is 0 Å². The zero-order valence-electron chi connectivity index (χ0n) is 13.7. The van der Waals surface area contributed by atoms with Crippen molar-refractivity contribution < 1.29 is 4.92 Å². The minimum absolute atomic E-state index is 0.0922. The molecule has 3 aromatic rings. The molecule has 0 aliphatic rings. The highest BCUT2D eigenvalue weighted by Gasteiger charge is 2.13. The maximum atomic E-state index is 10.8. The largest absolute Gasteiger partial charge is 0.330 e. The molecule has 0 unspecified atom stereocenters. The van der Waals surface area contributed by atoms with Crippen LogP contribution in [0.3, 0.4) is 0 Å². The fourth-order valence-electron chi connectivity index (χ4n) is 2.51. The Morgan fingerprint density at radius 2 is 2.04 bits per heavy atom. The molecule has 0 bridgehead atoms. The normalized spacial score (nSPS) is 10.5. The van der Waals surface area contributed by atoms with E-state index in [1.54, 1.807) is 30.6 Å². The van der Waals surface area contributed by atoms with Crippen LogP contribution in [-0.4, -0.2) is 31.2 Å². The van der Waals surface area contributed by atoms with Gasteiger partial charge >= 0.3 is 5.69 Å². The minimum atomic E-state index is -0.505. The summed E-state index contributed by atoms with van der Waals surface area (Å²) < 4.78 is 1.45. The maximum absolute atomic E-state index is 10.8. The molecule has 9 heteroatoms. The average molecular weight is 349 g/mol. The van der Waals surface area contributed by atoms with E-state index in [2.05, 4.69) is 21.1 Å². The fraction of sp³-hybridized carbons (Fsp3) is 0.176. The second-order valence-corrected chi connectivity index (χ2v) is 5.59. The molecule has 0 aliphatic carbocycles. The van der Waals surface area contributed by atoms with Crippen molar-refractivity contribution in [3.63, 3.8) is 0 Å². The van der Waals surface area contributed by atoms with E-state index in [4.69, 9.17) is 11.0 Å². The van der Waals surface area contributed by atoms with Gasteiger partial charge in [-0.05, 0) is 42.3 Å². The third-order valence-corrected chi connectivity index (χ3v) is 3.78. The van der Waals surface area contributed by atoms with Crippen LogP contribution in [0.2, 0.25) is 0 Å². The van der Waals surface area contributed by atoms with Gasteiger partial charge in [-0.3, -0.25) is 14.8 Å². The molecule has 0 atom stereocenters. The molecule has 0 radical (unpaired) electrons. The summed E-state index contributed by atoms with van der Waals surface area (Å²) in [6, 6.07) is 7.25. The third-order valence-electron chi connectivity index (χ3n) is 3.78. The first-order valence-electron chi connectivity index (χ1n) is 7.82. The van der Waals surface area contributed by atoms with Crippen LogP contribution in [0.1, 0.15) is 16.7 Å². The second-order valence-electron chi connectivity index (χ2n) is 5.59. The molecular formula is C17H15N7O2. The first-order chi connectivity index (χ1) is 12.6. The van der Waals surface area contributed by atoms with Crippen molar-refractivity contribution in [2.75, 3.05) is 6.54 Å². The van der Waals surface area contributed by atoms with Gasteiger partial charge in [-0.15, -0.1) is 0 Å². The monoisotopic (exact) mass is 349 g/mol. The van der Waals surface area contributed by atoms with Crippen molar-refractivity contribution in [3.05, 3.63) is 69.8 Å². The topological polar surface area (TPSA) is 137 Å². The zero-order chi connectivity index (χ0) is 18.5. The standard InChI is InChI=1S/C17H15N7O2/c18-4-3-13-7-20-17(21-8-13)16-2-1-12(6-19)5-14(16)10-23-11-15(9-22-23)24(25)26/h1-2,5,7-9,11H,3-4,10,18H2. The molecule has 2 heterocycles. The Morgan fingerprint density at radius 1 is 1.27 bits per heavy atom. The van der Waals surface area contributed by atoms with E-state index in [-0.39, 0.29) is 12.2 Å². The Labute approximate surface area is 148 Å². The molecule has 3 rings (SSSR count). The van der Waals surface area contributed by atoms with Gasteiger partial charge in [0.05, 0.1) is 23.1 Å². The Hall–Kier alpha value is -3.64. The summed E-state index contributed by atoms with van der Waals surface area (Å²) in [5.41, 5.74) is 8.34. The van der Waals surface area contributed by atoms with Crippen LogP contribution < -0.4 is 5.73 Å². The van der Waals surface area contributed by atoms with E-state index in [9.17, 15) is 10.1 Å². The molecule has 26 heavy (non-hydrogen) atoms. The number of nitro groups is 1. The second kappa shape index (κ2) is 7.50. The molecule has 0 spiro atoms. The summed E-state index contributed by atoms with van der Waals surface area (Å²) in [5.74, 6) is 0.506. The first kappa shape index (κ1) is 17.2. The highest BCUT2D eigenvalue weighted by atomic mass is 16.6. The lowest BCUT2D eigenvalue weighted by Gasteiger charge is -2.10. The number of nitriles is 1. The number of nitrogens with zero attached hydrogens (tertiary/aromatic N) is 6. The first-order valence-corrected chi connectivity index (χ1v) is 7.82. The van der Waals surface area contributed by atoms with Crippen molar-refractivity contribution in [2.45, 2.75) is 13.0 Å². The van der Waals surface area contributed by atoms with E-state index in [0.717, 1.165) is 16.7 Å². The van der Waals surface area contributed by atoms with Gasteiger partial charge in [-0.2, -0.15) is 10.4 Å². The average Bonchev–Trinajstić information content (AvgIpc) is 3.12. The minimum Gasteiger partial charge on any atom is -0.330 e. The number of hydrogen-bond donors (Lipinski definition) is 1. The molecule has 0 amide bonds. The van der Waals surface area contributed by atoms with Crippen LogP contribution in [0.5, 0.6) is 0 Å². The van der Waals surface area contributed by atoms with Crippen LogP contribution in [0.4, 0.5) is 5.69 Å². The molecular weight excluding hydrogens is 334 g/mol. The summed E-state index contributed by atoms with van der Waals surface area (Å²) in [5, 5.41) is 24.0. The Balaban J connectivity index is 1.97. The Kier molecular flexibility index (Phi) is 4.96. The van der Waals surface area contributed by atoms with Crippen molar-refractivity contribution in [2.24, 2.45) is 5.73 Å². The van der Waals surface area contributed by atoms with E-state index >= 15 is 0 Å². The third kappa shape index (κ3) is 3.71. The van der Waals surface area contributed by atoms with E-state index in [1.165, 1.54) is 17.1 Å². The van der Waals surface area contributed by atoms with Gasteiger partial charge in [0.1, 0.15) is 12.4 Å². The molecule has 0 aliphatic heterocycles. The van der Waals surface area contributed by atoms with Crippen LogP contribution >= 0.6 is 0 Å². The maximum Gasteiger partial charge on any atom is 0.307 e. The molecule has 0 saturated carbocycles. The summed E-state index contributed by atoms with van der Waals surface area (Å²) >= 11 is 0. The van der Waals surface area contributed by atoms with Gasteiger partial charge in [0.2, 0.25) is 0 Å². The lowest BCUT2D eigenvalue weighted by Crippen LogP contribution is -2.05. The smallest absolute Gasteiger partial charge is 0.307 e. The van der Waals surface area contributed by atoms with Gasteiger partial charge in [0.25, 0.3) is 0 Å². The highest BCUT2D eigenvalue weighted by molar-refractivity contribution is 5.62. The number of aromatic nitrogens is 4. The molecule has 130 valence electrons. The van der Waals surface area contributed by atoms with E-state index < -0.39 is 4.92 Å². The molecule has 2 aromatic heterocycles. The highest BCUT2D eigenvalue weighted by Crippen LogP contribution is 2.23. The number of hydrogen-bond acceptors (Lipinski definition) is 7. The lowest BCUT2D eigenvalue weighted by atomic mass is 10.0. The predicted octanol–water partition coefficient (Wildman–Crippen LogP) is 1.67. The lowest BCUT2D eigenvalue weighted by molar-refractivity contribution is -0.385. The van der Waals surface area contributed by atoms with Gasteiger partial charge in [0.15, 0.2) is 5.82 Å². The van der Waals surface area contributed by atoms with Crippen LogP contribution in [-0.2, 0) is 13.0 Å². The summed E-state index contributed by atoms with van der Waals surface area (Å²) in [6.07, 6.45) is 6.66. The van der Waals surface area contributed by atoms with E-state index in [0.29, 0.717) is 24.4 Å². The quantitative estimate of drug-likeness (QED) is 0.528.